The first kappa shape index (κ1) is 16.9. The number of ether oxygens (including phenoxy) is 1. The van der Waals surface area contributed by atoms with Gasteiger partial charge in [-0.2, -0.15) is 0 Å². The van der Waals surface area contributed by atoms with Crippen LogP contribution in [-0.4, -0.2) is 32.2 Å². The molecule has 0 unspecified atom stereocenters. The Kier molecular flexibility index (Phi) is 5.23. The SMILES string of the molecule is COC(=O)c1ccc(N2CCCC2)c(NC(=O)NCc2ccco2)c1. The highest BCUT2D eigenvalue weighted by atomic mass is 16.5. The number of anilines is 2. The molecule has 7 heteroatoms. The lowest BCUT2D eigenvalue weighted by Gasteiger charge is -2.22. The monoisotopic (exact) mass is 343 g/mol. The summed E-state index contributed by atoms with van der Waals surface area (Å²) >= 11 is 0. The fraction of sp³-hybridized carbons (Fsp3) is 0.333. The predicted molar refractivity (Wildman–Crippen MR) is 93.8 cm³/mol. The van der Waals surface area contributed by atoms with Crippen LogP contribution in [0.25, 0.3) is 0 Å². The molecule has 0 spiro atoms. The van der Waals surface area contributed by atoms with Gasteiger partial charge in [-0.15, -0.1) is 0 Å². The summed E-state index contributed by atoms with van der Waals surface area (Å²) in [4.78, 5) is 26.2. The first-order chi connectivity index (χ1) is 12.2. The van der Waals surface area contributed by atoms with Gasteiger partial charge in [0, 0.05) is 13.1 Å². The van der Waals surface area contributed by atoms with Gasteiger partial charge >= 0.3 is 12.0 Å². The van der Waals surface area contributed by atoms with Crippen molar-refractivity contribution in [1.82, 2.24) is 5.32 Å². The Bertz CT molecular complexity index is 737. The highest BCUT2D eigenvalue weighted by molar-refractivity contribution is 5.97. The van der Waals surface area contributed by atoms with E-state index < -0.39 is 5.97 Å². The highest BCUT2D eigenvalue weighted by Crippen LogP contribution is 2.30. The Morgan fingerprint density at radius 2 is 2.04 bits per heavy atom. The standard InChI is InChI=1S/C18H21N3O4/c1-24-17(22)13-6-7-16(21-8-2-3-9-21)15(11-13)20-18(23)19-12-14-5-4-10-25-14/h4-7,10-11H,2-3,8-9,12H2,1H3,(H2,19,20,23). The Morgan fingerprint density at radius 3 is 2.72 bits per heavy atom. The molecule has 2 heterocycles. The first-order valence-corrected chi connectivity index (χ1v) is 8.22. The number of furan rings is 1. The Morgan fingerprint density at radius 1 is 1.24 bits per heavy atom. The van der Waals surface area contributed by atoms with Crippen LogP contribution < -0.4 is 15.5 Å². The third kappa shape index (κ3) is 4.12. The highest BCUT2D eigenvalue weighted by Gasteiger charge is 2.19. The molecule has 25 heavy (non-hydrogen) atoms. The van der Waals surface area contributed by atoms with E-state index in [1.165, 1.54) is 7.11 Å². The second-order valence-corrected chi connectivity index (χ2v) is 5.80. The van der Waals surface area contributed by atoms with Crippen molar-refractivity contribution in [1.29, 1.82) is 0 Å². The van der Waals surface area contributed by atoms with Crippen molar-refractivity contribution in [2.75, 3.05) is 30.4 Å². The van der Waals surface area contributed by atoms with Gasteiger partial charge in [-0.25, -0.2) is 9.59 Å². The van der Waals surface area contributed by atoms with E-state index in [9.17, 15) is 9.59 Å². The van der Waals surface area contributed by atoms with Crippen LogP contribution in [0.4, 0.5) is 16.2 Å². The van der Waals surface area contributed by atoms with Gasteiger partial charge in [0.1, 0.15) is 5.76 Å². The van der Waals surface area contributed by atoms with Crippen LogP contribution in [-0.2, 0) is 11.3 Å². The summed E-state index contributed by atoms with van der Waals surface area (Å²) in [5, 5.41) is 5.56. The number of rotatable bonds is 5. The van der Waals surface area contributed by atoms with Gasteiger partial charge < -0.3 is 24.7 Å². The number of carbonyl (C=O) groups is 2. The fourth-order valence-corrected chi connectivity index (χ4v) is 2.86. The topological polar surface area (TPSA) is 83.8 Å². The summed E-state index contributed by atoms with van der Waals surface area (Å²) in [6.45, 7) is 2.15. The third-order valence-electron chi connectivity index (χ3n) is 4.12. The van der Waals surface area contributed by atoms with Crippen molar-refractivity contribution in [3.63, 3.8) is 0 Å². The zero-order valence-electron chi connectivity index (χ0n) is 14.1. The molecule has 1 aromatic carbocycles. The van der Waals surface area contributed by atoms with Crippen molar-refractivity contribution in [3.05, 3.63) is 47.9 Å². The number of benzene rings is 1. The molecule has 0 aliphatic carbocycles. The quantitative estimate of drug-likeness (QED) is 0.816. The molecule has 2 N–H and O–H groups in total. The van der Waals surface area contributed by atoms with Crippen molar-refractivity contribution >= 4 is 23.4 Å². The third-order valence-corrected chi connectivity index (χ3v) is 4.12. The average Bonchev–Trinajstić information content (AvgIpc) is 3.33. The minimum absolute atomic E-state index is 0.286. The minimum Gasteiger partial charge on any atom is -0.467 e. The van der Waals surface area contributed by atoms with Crippen LogP contribution in [0, 0.1) is 0 Å². The molecule has 0 saturated carbocycles. The average molecular weight is 343 g/mol. The second-order valence-electron chi connectivity index (χ2n) is 5.80. The summed E-state index contributed by atoms with van der Waals surface area (Å²) in [5.41, 5.74) is 1.88. The van der Waals surface area contributed by atoms with E-state index in [0.29, 0.717) is 17.0 Å². The number of nitrogens with zero attached hydrogens (tertiary/aromatic N) is 1. The fourth-order valence-electron chi connectivity index (χ4n) is 2.86. The molecule has 1 saturated heterocycles. The number of methoxy groups -OCH3 is 1. The van der Waals surface area contributed by atoms with Crippen LogP contribution in [0.15, 0.2) is 41.0 Å². The Labute approximate surface area is 145 Å². The molecule has 0 atom stereocenters. The van der Waals surface area contributed by atoms with Crippen LogP contribution in [0.5, 0.6) is 0 Å². The largest absolute Gasteiger partial charge is 0.467 e. The minimum atomic E-state index is -0.438. The van der Waals surface area contributed by atoms with E-state index in [4.69, 9.17) is 9.15 Å². The molecular weight excluding hydrogens is 322 g/mol. The van der Waals surface area contributed by atoms with E-state index in [1.54, 1.807) is 30.5 Å². The molecule has 1 fully saturated rings. The molecule has 3 rings (SSSR count). The van der Waals surface area contributed by atoms with Gasteiger partial charge in [0.15, 0.2) is 0 Å². The first-order valence-electron chi connectivity index (χ1n) is 8.22. The van der Waals surface area contributed by atoms with E-state index in [1.807, 2.05) is 6.07 Å². The normalized spacial score (nSPS) is 13.6. The van der Waals surface area contributed by atoms with Crippen molar-refractivity contribution in [3.8, 4) is 0 Å². The lowest BCUT2D eigenvalue weighted by atomic mass is 10.1. The summed E-state index contributed by atoms with van der Waals surface area (Å²) in [6, 6.07) is 8.39. The maximum absolute atomic E-state index is 12.2. The zero-order valence-corrected chi connectivity index (χ0v) is 14.1. The number of urea groups is 1. The van der Waals surface area contributed by atoms with Crippen molar-refractivity contribution in [2.45, 2.75) is 19.4 Å². The number of nitrogens with one attached hydrogen (secondary N) is 2. The molecule has 0 bridgehead atoms. The van der Waals surface area contributed by atoms with Crippen LogP contribution in [0.2, 0.25) is 0 Å². The van der Waals surface area contributed by atoms with Gasteiger partial charge in [-0.1, -0.05) is 0 Å². The summed E-state index contributed by atoms with van der Waals surface area (Å²) in [7, 11) is 1.33. The van der Waals surface area contributed by atoms with Crippen LogP contribution in [0.1, 0.15) is 29.0 Å². The number of hydrogen-bond donors (Lipinski definition) is 2. The van der Waals surface area contributed by atoms with Gasteiger partial charge in [0.2, 0.25) is 0 Å². The maximum Gasteiger partial charge on any atom is 0.337 e. The number of hydrogen-bond acceptors (Lipinski definition) is 5. The summed E-state index contributed by atoms with van der Waals surface area (Å²) < 4.78 is 9.96. The Balaban J connectivity index is 1.75. The van der Waals surface area contributed by atoms with Gasteiger partial charge in [0.25, 0.3) is 0 Å². The molecule has 1 aliphatic heterocycles. The number of amides is 2. The summed E-state index contributed by atoms with van der Waals surface area (Å²) in [6.07, 6.45) is 3.78. The van der Waals surface area contributed by atoms with Crippen molar-refractivity contribution in [2.24, 2.45) is 0 Å². The van der Waals surface area contributed by atoms with E-state index in [-0.39, 0.29) is 12.6 Å². The molecule has 2 aromatic rings. The lowest BCUT2D eigenvalue weighted by molar-refractivity contribution is 0.0600. The van der Waals surface area contributed by atoms with E-state index in [2.05, 4.69) is 15.5 Å². The summed E-state index contributed by atoms with van der Waals surface area (Å²) in [5.74, 6) is 0.227. The van der Waals surface area contributed by atoms with E-state index >= 15 is 0 Å². The number of esters is 1. The predicted octanol–water partition coefficient (Wildman–Crippen LogP) is 2.99. The van der Waals surface area contributed by atoms with Gasteiger partial charge in [-0.3, -0.25) is 0 Å². The zero-order chi connectivity index (χ0) is 17.6. The smallest absolute Gasteiger partial charge is 0.337 e. The maximum atomic E-state index is 12.2. The molecule has 2 amide bonds. The Hall–Kier alpha value is -2.96. The van der Waals surface area contributed by atoms with Crippen LogP contribution in [0.3, 0.4) is 0 Å². The molecule has 0 radical (unpaired) electrons. The van der Waals surface area contributed by atoms with Gasteiger partial charge in [0.05, 0.1) is 36.9 Å². The molecule has 132 valence electrons. The van der Waals surface area contributed by atoms with Gasteiger partial charge in [-0.05, 0) is 43.2 Å². The van der Waals surface area contributed by atoms with Crippen LogP contribution >= 0.6 is 0 Å². The molecular formula is C18H21N3O4. The van der Waals surface area contributed by atoms with Crippen molar-refractivity contribution < 1.29 is 18.7 Å². The molecule has 1 aliphatic rings. The molecule has 1 aromatic heterocycles. The van der Waals surface area contributed by atoms with E-state index in [0.717, 1.165) is 31.6 Å². The lowest BCUT2D eigenvalue weighted by Crippen LogP contribution is -2.29. The second kappa shape index (κ2) is 7.74. The molecule has 7 nitrogen and oxygen atoms in total. The number of carbonyl (C=O) groups excluding carboxylic acids is 2.